The van der Waals surface area contributed by atoms with Crippen LogP contribution in [-0.2, 0) is 11.3 Å². The second-order valence-electron chi connectivity index (χ2n) is 10.3. The number of nitrogens with one attached hydrogen (secondary N) is 2. The standard InChI is InChI=1S/C29H29Cl2N9O3/c1-5-24(41)35-19-14-39(13-16-6-7-38(2)12-16)37-28(19)36-23-9-20-17(11-32-23)8-18(29-33-15-34-40(20)29)25-26(30)21(42-3)10-22(43-4)27(25)31/h5,8-11,14-16H,1,6-7,12-13H2,2-4H3,(H,35,41)(H,32,36,37). The molecule has 1 atom stereocenters. The first kappa shape index (κ1) is 28.7. The molecule has 2 N–H and O–H groups in total. The van der Waals surface area contributed by atoms with Crippen LogP contribution < -0.4 is 20.1 Å². The molecule has 1 saturated heterocycles. The minimum atomic E-state index is -0.335. The van der Waals surface area contributed by atoms with E-state index >= 15 is 0 Å². The molecule has 1 unspecified atom stereocenters. The Kier molecular flexibility index (Phi) is 7.82. The number of rotatable bonds is 9. The molecule has 43 heavy (non-hydrogen) atoms. The molecule has 4 aromatic heterocycles. The summed E-state index contributed by atoms with van der Waals surface area (Å²) in [5, 5.41) is 16.7. The lowest BCUT2D eigenvalue weighted by Gasteiger charge is -2.16. The topological polar surface area (TPSA) is 124 Å². The number of carbonyl (C=O) groups is 1. The number of likely N-dealkylation sites (tertiary alicyclic amines) is 1. The van der Waals surface area contributed by atoms with Crippen LogP contribution in [0.4, 0.5) is 17.3 Å². The summed E-state index contributed by atoms with van der Waals surface area (Å²) in [5.41, 5.74) is 2.90. The third-order valence-corrected chi connectivity index (χ3v) is 8.21. The van der Waals surface area contributed by atoms with E-state index in [9.17, 15) is 4.79 Å². The highest BCUT2D eigenvalue weighted by atomic mass is 35.5. The zero-order valence-corrected chi connectivity index (χ0v) is 25.3. The van der Waals surface area contributed by atoms with E-state index in [1.165, 1.54) is 26.6 Å². The van der Waals surface area contributed by atoms with Gasteiger partial charge in [-0.1, -0.05) is 29.8 Å². The number of halogens is 2. The van der Waals surface area contributed by atoms with Crippen molar-refractivity contribution in [2.75, 3.05) is 45.0 Å². The first-order valence-electron chi connectivity index (χ1n) is 13.5. The van der Waals surface area contributed by atoms with E-state index in [2.05, 4.69) is 44.2 Å². The minimum absolute atomic E-state index is 0.317. The molecular formula is C29H29Cl2N9O3. The molecule has 12 nitrogen and oxygen atoms in total. The van der Waals surface area contributed by atoms with Crippen LogP contribution in [0.1, 0.15) is 6.42 Å². The number of pyridine rings is 2. The lowest BCUT2D eigenvalue weighted by molar-refractivity contribution is -0.111. The molecule has 14 heteroatoms. The maximum Gasteiger partial charge on any atom is 0.247 e. The summed E-state index contributed by atoms with van der Waals surface area (Å²) in [4.78, 5) is 23.6. The molecule has 1 fully saturated rings. The first-order chi connectivity index (χ1) is 20.8. The fourth-order valence-electron chi connectivity index (χ4n) is 5.39. The van der Waals surface area contributed by atoms with Gasteiger partial charge in [-0.05, 0) is 38.1 Å². The van der Waals surface area contributed by atoms with Crippen LogP contribution in [0, 0.1) is 5.92 Å². The van der Waals surface area contributed by atoms with Gasteiger partial charge in [0.2, 0.25) is 5.91 Å². The van der Waals surface area contributed by atoms with Gasteiger partial charge in [0, 0.05) is 47.9 Å². The van der Waals surface area contributed by atoms with Gasteiger partial charge >= 0.3 is 0 Å². The van der Waals surface area contributed by atoms with Crippen molar-refractivity contribution in [1.82, 2.24) is 34.3 Å². The van der Waals surface area contributed by atoms with E-state index in [1.54, 1.807) is 16.8 Å². The number of benzene rings is 1. The van der Waals surface area contributed by atoms with Gasteiger partial charge in [-0.2, -0.15) is 10.2 Å². The highest BCUT2D eigenvalue weighted by Crippen LogP contribution is 2.47. The second kappa shape index (κ2) is 11.7. The third-order valence-electron chi connectivity index (χ3n) is 7.46. The van der Waals surface area contributed by atoms with E-state index < -0.39 is 0 Å². The van der Waals surface area contributed by atoms with Gasteiger partial charge in [-0.3, -0.25) is 9.48 Å². The fourth-order valence-corrected chi connectivity index (χ4v) is 6.09. The Morgan fingerprint density at radius 3 is 2.60 bits per heavy atom. The highest BCUT2D eigenvalue weighted by Gasteiger charge is 2.24. The quantitative estimate of drug-likeness (QED) is 0.211. The van der Waals surface area contributed by atoms with Crippen LogP contribution in [0.25, 0.3) is 27.7 Å². The normalized spacial score (nSPS) is 15.2. The Morgan fingerprint density at radius 1 is 1.16 bits per heavy atom. The van der Waals surface area contributed by atoms with Gasteiger partial charge < -0.3 is 25.0 Å². The summed E-state index contributed by atoms with van der Waals surface area (Å²) in [6, 6.07) is 5.36. The average molecular weight is 623 g/mol. The number of ether oxygens (including phenoxy) is 2. The fraction of sp³-hybridized carbons (Fsp3) is 0.276. The van der Waals surface area contributed by atoms with Crippen LogP contribution in [0.2, 0.25) is 10.0 Å². The summed E-state index contributed by atoms with van der Waals surface area (Å²) in [6.07, 6.45) is 7.29. The zero-order chi connectivity index (χ0) is 30.2. The lowest BCUT2D eigenvalue weighted by Crippen LogP contribution is -2.17. The SMILES string of the molecule is C=CC(=O)Nc1cn(CC2CCN(C)C2)nc1Nc1cc2c(cn1)cc(-c1c(Cl)c(OC)cc(OC)c1Cl)c1ncnn12. The molecule has 222 valence electrons. The summed E-state index contributed by atoms with van der Waals surface area (Å²) >= 11 is 13.5. The zero-order valence-electron chi connectivity index (χ0n) is 23.8. The molecule has 5 heterocycles. The van der Waals surface area contributed by atoms with Crippen LogP contribution >= 0.6 is 23.2 Å². The van der Waals surface area contributed by atoms with Crippen molar-refractivity contribution in [2.24, 2.45) is 5.92 Å². The predicted molar refractivity (Wildman–Crippen MR) is 167 cm³/mol. The Hall–Kier alpha value is -4.39. The van der Waals surface area contributed by atoms with E-state index in [0.29, 0.717) is 61.6 Å². The second-order valence-corrected chi connectivity index (χ2v) is 11.1. The van der Waals surface area contributed by atoms with Crippen LogP contribution in [0.5, 0.6) is 11.5 Å². The maximum absolute atomic E-state index is 12.2. The molecule has 1 aliphatic heterocycles. The number of carbonyl (C=O) groups excluding carboxylic acids is 1. The molecule has 5 aromatic rings. The molecule has 0 aliphatic carbocycles. The van der Waals surface area contributed by atoms with Gasteiger partial charge in [0.05, 0.1) is 36.0 Å². The van der Waals surface area contributed by atoms with Crippen molar-refractivity contribution in [1.29, 1.82) is 0 Å². The van der Waals surface area contributed by atoms with E-state index in [0.717, 1.165) is 37.0 Å². The van der Waals surface area contributed by atoms with Crippen molar-refractivity contribution in [3.8, 4) is 22.6 Å². The number of anilines is 3. The van der Waals surface area contributed by atoms with Gasteiger partial charge in [-0.15, -0.1) is 0 Å². The number of fused-ring (bicyclic) bond motifs is 3. The number of hydrogen-bond acceptors (Lipinski definition) is 9. The molecular weight excluding hydrogens is 593 g/mol. The predicted octanol–water partition coefficient (Wildman–Crippen LogP) is 5.28. The highest BCUT2D eigenvalue weighted by molar-refractivity contribution is 6.41. The van der Waals surface area contributed by atoms with Crippen molar-refractivity contribution < 1.29 is 14.3 Å². The number of hydrogen-bond donors (Lipinski definition) is 2. The third kappa shape index (κ3) is 5.44. The molecule has 6 rings (SSSR count). The van der Waals surface area contributed by atoms with Crippen molar-refractivity contribution in [2.45, 2.75) is 13.0 Å². The van der Waals surface area contributed by atoms with E-state index in [-0.39, 0.29) is 5.91 Å². The molecule has 1 aliphatic rings. The Balaban J connectivity index is 1.40. The van der Waals surface area contributed by atoms with Crippen molar-refractivity contribution >= 4 is 63.0 Å². The monoisotopic (exact) mass is 621 g/mol. The van der Waals surface area contributed by atoms with Crippen LogP contribution in [-0.4, -0.2) is 74.5 Å². The largest absolute Gasteiger partial charge is 0.495 e. The lowest BCUT2D eigenvalue weighted by atomic mass is 10.0. The van der Waals surface area contributed by atoms with Crippen molar-refractivity contribution in [3.63, 3.8) is 0 Å². The first-order valence-corrected chi connectivity index (χ1v) is 14.2. The summed E-state index contributed by atoms with van der Waals surface area (Å²) in [6.45, 7) is 6.35. The number of nitrogens with zero attached hydrogens (tertiary/aromatic N) is 7. The molecule has 1 aromatic carbocycles. The van der Waals surface area contributed by atoms with Gasteiger partial charge in [0.25, 0.3) is 0 Å². The molecule has 0 spiro atoms. The van der Waals surface area contributed by atoms with Gasteiger partial charge in [0.15, 0.2) is 11.5 Å². The maximum atomic E-state index is 12.2. The van der Waals surface area contributed by atoms with E-state index in [1.807, 2.05) is 23.0 Å². The summed E-state index contributed by atoms with van der Waals surface area (Å²) in [7, 11) is 5.16. The van der Waals surface area contributed by atoms with Crippen molar-refractivity contribution in [3.05, 3.63) is 59.6 Å². The van der Waals surface area contributed by atoms with Crippen LogP contribution in [0.3, 0.4) is 0 Å². The summed E-state index contributed by atoms with van der Waals surface area (Å²) < 4.78 is 14.5. The molecule has 0 bridgehead atoms. The average Bonchev–Trinajstić information content (AvgIpc) is 3.74. The minimum Gasteiger partial charge on any atom is -0.495 e. The number of aromatic nitrogens is 6. The molecule has 0 saturated carbocycles. The molecule has 1 amide bonds. The van der Waals surface area contributed by atoms with E-state index in [4.69, 9.17) is 37.8 Å². The smallest absolute Gasteiger partial charge is 0.247 e. The summed E-state index contributed by atoms with van der Waals surface area (Å²) in [5.74, 6) is 1.91. The Morgan fingerprint density at radius 2 is 1.93 bits per heavy atom. The van der Waals surface area contributed by atoms with Gasteiger partial charge in [0.1, 0.15) is 29.3 Å². The van der Waals surface area contributed by atoms with Crippen LogP contribution in [0.15, 0.2) is 49.6 Å². The number of methoxy groups -OCH3 is 2. The van der Waals surface area contributed by atoms with Gasteiger partial charge in [-0.25, -0.2) is 14.5 Å². The Labute approximate surface area is 257 Å². The number of amides is 1. The molecule has 0 radical (unpaired) electrons. The Bertz CT molecular complexity index is 1840.